The van der Waals surface area contributed by atoms with Gasteiger partial charge < -0.3 is 16.2 Å². The Bertz CT molecular complexity index is 356. The minimum Gasteiger partial charge on any atom is -0.459 e. The van der Waals surface area contributed by atoms with E-state index < -0.39 is 0 Å². The summed E-state index contributed by atoms with van der Waals surface area (Å²) >= 11 is 1.28. The molecule has 0 unspecified atom stereocenters. The Morgan fingerprint density at radius 2 is 2.43 bits per heavy atom. The van der Waals surface area contributed by atoms with Gasteiger partial charge in [-0.1, -0.05) is 0 Å². The minimum atomic E-state index is -0.346. The van der Waals surface area contributed by atoms with Gasteiger partial charge in [0.25, 0.3) is 0 Å². The molecule has 0 bridgehead atoms. The van der Waals surface area contributed by atoms with Crippen LogP contribution in [-0.4, -0.2) is 16.9 Å². The number of rotatable bonds is 3. The summed E-state index contributed by atoms with van der Waals surface area (Å²) in [6.45, 7) is 1.48. The van der Waals surface area contributed by atoms with Crippen molar-refractivity contribution in [2.75, 3.05) is 0 Å². The number of aliphatic imine (C=N–C) groups is 1. The Hall–Kier alpha value is -1.63. The average molecular weight is 214 g/mol. The third-order valence-corrected chi connectivity index (χ3v) is 1.97. The lowest BCUT2D eigenvalue weighted by Gasteiger charge is -1.95. The molecule has 0 aromatic carbocycles. The van der Waals surface area contributed by atoms with Crippen molar-refractivity contribution >= 4 is 28.4 Å². The van der Waals surface area contributed by atoms with Crippen LogP contribution in [-0.2, 0) is 16.1 Å². The molecule has 7 heteroatoms. The smallest absolute Gasteiger partial charge is 0.303 e. The Morgan fingerprint density at radius 3 is 3.00 bits per heavy atom. The molecule has 6 nitrogen and oxygen atoms in total. The highest BCUT2D eigenvalue weighted by Crippen LogP contribution is 2.18. The first-order valence-corrected chi connectivity index (χ1v) is 4.63. The monoisotopic (exact) mass is 214 g/mol. The first-order chi connectivity index (χ1) is 6.58. The van der Waals surface area contributed by atoms with Gasteiger partial charge in [0.1, 0.15) is 6.61 Å². The summed E-state index contributed by atoms with van der Waals surface area (Å²) in [6.07, 6.45) is 0. The van der Waals surface area contributed by atoms with Crippen LogP contribution in [0.15, 0.2) is 10.4 Å². The van der Waals surface area contributed by atoms with Gasteiger partial charge in [0.2, 0.25) is 5.13 Å². The van der Waals surface area contributed by atoms with E-state index in [2.05, 4.69) is 9.98 Å². The molecule has 0 amide bonds. The SMILES string of the molecule is CC(=O)OCc1csc(N=C(N)N)n1. The summed E-state index contributed by atoms with van der Waals surface area (Å²) in [5.41, 5.74) is 11.0. The maximum atomic E-state index is 10.5. The number of hydrogen-bond acceptors (Lipinski definition) is 5. The Kier molecular flexibility index (Phi) is 3.41. The van der Waals surface area contributed by atoms with E-state index in [0.717, 1.165) is 0 Å². The van der Waals surface area contributed by atoms with E-state index in [1.54, 1.807) is 5.38 Å². The van der Waals surface area contributed by atoms with Gasteiger partial charge >= 0.3 is 5.97 Å². The molecule has 0 saturated carbocycles. The molecule has 0 spiro atoms. The van der Waals surface area contributed by atoms with Crippen molar-refractivity contribution < 1.29 is 9.53 Å². The lowest BCUT2D eigenvalue weighted by atomic mass is 10.5. The molecular formula is C7H10N4O2S. The van der Waals surface area contributed by atoms with E-state index in [1.807, 2.05) is 0 Å². The summed E-state index contributed by atoms with van der Waals surface area (Å²) in [6, 6.07) is 0. The van der Waals surface area contributed by atoms with Gasteiger partial charge in [0, 0.05) is 12.3 Å². The zero-order valence-corrected chi connectivity index (χ0v) is 8.37. The molecule has 1 rings (SSSR count). The molecule has 0 aliphatic heterocycles. The van der Waals surface area contributed by atoms with Gasteiger partial charge in [-0.3, -0.25) is 4.79 Å². The van der Waals surface area contributed by atoms with Gasteiger partial charge in [0.05, 0.1) is 5.69 Å². The molecule has 4 N–H and O–H groups in total. The van der Waals surface area contributed by atoms with Crippen molar-refractivity contribution in [3.63, 3.8) is 0 Å². The molecule has 1 aromatic heterocycles. The number of nitrogens with zero attached hydrogens (tertiary/aromatic N) is 2. The van der Waals surface area contributed by atoms with Crippen molar-refractivity contribution in [1.82, 2.24) is 4.98 Å². The van der Waals surface area contributed by atoms with Crippen LogP contribution < -0.4 is 11.5 Å². The normalized spacial score (nSPS) is 9.50. The van der Waals surface area contributed by atoms with Crippen molar-refractivity contribution in [3.8, 4) is 0 Å². The molecule has 76 valence electrons. The zero-order chi connectivity index (χ0) is 10.6. The number of carbonyl (C=O) groups is 1. The number of carbonyl (C=O) groups excluding carboxylic acids is 1. The van der Waals surface area contributed by atoms with Crippen molar-refractivity contribution in [1.29, 1.82) is 0 Å². The predicted molar refractivity (Wildman–Crippen MR) is 53.1 cm³/mol. The second-order valence-corrected chi connectivity index (χ2v) is 3.27. The highest BCUT2D eigenvalue weighted by molar-refractivity contribution is 7.13. The van der Waals surface area contributed by atoms with Gasteiger partial charge in [-0.25, -0.2) is 4.98 Å². The fraction of sp³-hybridized carbons (Fsp3) is 0.286. The molecule has 0 fully saturated rings. The summed E-state index contributed by atoms with van der Waals surface area (Å²) in [5.74, 6) is -0.389. The number of ether oxygens (including phenoxy) is 1. The van der Waals surface area contributed by atoms with Crippen LogP contribution in [0.4, 0.5) is 5.13 Å². The van der Waals surface area contributed by atoms with Gasteiger partial charge in [-0.2, -0.15) is 4.99 Å². The highest BCUT2D eigenvalue weighted by Gasteiger charge is 2.02. The average Bonchev–Trinajstić information content (AvgIpc) is 2.47. The van der Waals surface area contributed by atoms with Crippen molar-refractivity contribution in [3.05, 3.63) is 11.1 Å². The Morgan fingerprint density at radius 1 is 1.71 bits per heavy atom. The molecule has 0 radical (unpaired) electrons. The van der Waals surface area contributed by atoms with Crippen LogP contribution in [0.25, 0.3) is 0 Å². The molecule has 1 aromatic rings. The molecule has 0 aliphatic carbocycles. The fourth-order valence-electron chi connectivity index (χ4n) is 0.700. The van der Waals surface area contributed by atoms with E-state index in [4.69, 9.17) is 16.2 Å². The van der Waals surface area contributed by atoms with E-state index in [9.17, 15) is 4.79 Å². The first kappa shape index (κ1) is 10.5. The highest BCUT2D eigenvalue weighted by atomic mass is 32.1. The van der Waals surface area contributed by atoms with E-state index in [-0.39, 0.29) is 18.5 Å². The number of aromatic nitrogens is 1. The van der Waals surface area contributed by atoms with Gasteiger partial charge in [-0.05, 0) is 0 Å². The second kappa shape index (κ2) is 4.56. The molecule has 0 atom stereocenters. The van der Waals surface area contributed by atoms with Crippen LogP contribution in [0.3, 0.4) is 0 Å². The summed E-state index contributed by atoms with van der Waals surface area (Å²) in [4.78, 5) is 18.3. The summed E-state index contributed by atoms with van der Waals surface area (Å²) in [5, 5.41) is 2.18. The number of nitrogens with two attached hydrogens (primary N) is 2. The number of guanidine groups is 1. The molecule has 14 heavy (non-hydrogen) atoms. The standard InChI is InChI=1S/C7H10N4O2S/c1-4(12)13-2-5-3-14-7(10-5)11-6(8)9/h3H,2H2,1H3,(H4,8,9,10,11). The van der Waals surface area contributed by atoms with Crippen LogP contribution in [0, 0.1) is 0 Å². The lowest BCUT2D eigenvalue weighted by molar-refractivity contribution is -0.142. The molecule has 0 aliphatic rings. The van der Waals surface area contributed by atoms with E-state index in [1.165, 1.54) is 18.3 Å². The van der Waals surface area contributed by atoms with Crippen LogP contribution >= 0.6 is 11.3 Å². The second-order valence-electron chi connectivity index (χ2n) is 2.44. The molecular weight excluding hydrogens is 204 g/mol. The minimum absolute atomic E-state index is 0.0432. The fourth-order valence-corrected chi connectivity index (χ4v) is 1.39. The Balaban J connectivity index is 2.59. The maximum Gasteiger partial charge on any atom is 0.303 e. The third-order valence-electron chi connectivity index (χ3n) is 1.19. The van der Waals surface area contributed by atoms with Crippen molar-refractivity contribution in [2.24, 2.45) is 16.5 Å². The van der Waals surface area contributed by atoms with Gasteiger partial charge in [-0.15, -0.1) is 11.3 Å². The van der Waals surface area contributed by atoms with E-state index in [0.29, 0.717) is 10.8 Å². The predicted octanol–water partition coefficient (Wildman–Crippen LogP) is 0.111. The van der Waals surface area contributed by atoms with Gasteiger partial charge in [0.15, 0.2) is 5.96 Å². The molecule has 1 heterocycles. The maximum absolute atomic E-state index is 10.5. The largest absolute Gasteiger partial charge is 0.459 e. The third kappa shape index (κ3) is 3.40. The van der Waals surface area contributed by atoms with Crippen LogP contribution in [0.1, 0.15) is 12.6 Å². The number of esters is 1. The van der Waals surface area contributed by atoms with Crippen molar-refractivity contribution in [2.45, 2.75) is 13.5 Å². The number of hydrogen-bond donors (Lipinski definition) is 2. The number of thiazole rings is 1. The Labute approximate surface area is 84.6 Å². The van der Waals surface area contributed by atoms with E-state index >= 15 is 0 Å². The summed E-state index contributed by atoms with van der Waals surface area (Å²) < 4.78 is 4.74. The van der Waals surface area contributed by atoms with Crippen LogP contribution in [0.2, 0.25) is 0 Å². The zero-order valence-electron chi connectivity index (χ0n) is 7.56. The topological polar surface area (TPSA) is 104 Å². The summed E-state index contributed by atoms with van der Waals surface area (Å²) in [7, 11) is 0. The van der Waals surface area contributed by atoms with Crippen LogP contribution in [0.5, 0.6) is 0 Å². The molecule has 0 saturated heterocycles. The lowest BCUT2D eigenvalue weighted by Crippen LogP contribution is -2.21. The first-order valence-electron chi connectivity index (χ1n) is 3.75. The quantitative estimate of drug-likeness (QED) is 0.422.